The number of nitrogens with zero attached hydrogens (tertiary/aromatic N) is 2. The molecule has 5 nitrogen and oxygen atoms in total. The molecule has 1 rings (SSSR count). The van der Waals surface area contributed by atoms with E-state index in [1.165, 1.54) is 19.4 Å². The summed E-state index contributed by atoms with van der Waals surface area (Å²) < 4.78 is 4.95. The van der Waals surface area contributed by atoms with Crippen LogP contribution in [0.15, 0.2) is 17.2 Å². The quantitative estimate of drug-likeness (QED) is 0.477. The maximum absolute atomic E-state index is 9.76. The van der Waals surface area contributed by atoms with Crippen molar-refractivity contribution in [1.29, 1.82) is 5.26 Å². The Morgan fingerprint density at radius 2 is 2.41 bits per heavy atom. The normalized spacial score (nSPS) is 10.2. The first kappa shape index (κ1) is 13.1. The van der Waals surface area contributed by atoms with Crippen molar-refractivity contribution < 1.29 is 9.84 Å². The zero-order chi connectivity index (χ0) is 12.7. The summed E-state index contributed by atoms with van der Waals surface area (Å²) in [6.45, 7) is 0.450. The first-order valence-corrected chi connectivity index (χ1v) is 5.26. The average molecular weight is 254 g/mol. The Labute approximate surface area is 104 Å². The Kier molecular flexibility index (Phi) is 5.11. The molecule has 1 aromatic rings. The molecule has 1 aromatic carbocycles. The number of phenolic OH excluding ortho intramolecular Hbond substituents is 1. The number of nitrogens with one attached hydrogen (secondary N) is 1. The second-order valence-electron chi connectivity index (χ2n) is 3.12. The average Bonchev–Trinajstić information content (AvgIpc) is 2.32. The van der Waals surface area contributed by atoms with Crippen LogP contribution in [-0.2, 0) is 0 Å². The fraction of sp³-hybridized carbons (Fsp3) is 0.273. The van der Waals surface area contributed by atoms with E-state index in [4.69, 9.17) is 21.6 Å². The van der Waals surface area contributed by atoms with Crippen molar-refractivity contribution >= 4 is 17.8 Å². The topological polar surface area (TPSA) is 77.6 Å². The van der Waals surface area contributed by atoms with Gasteiger partial charge >= 0.3 is 0 Å². The number of nitriles is 1. The van der Waals surface area contributed by atoms with Gasteiger partial charge in [-0.3, -0.25) is 0 Å². The van der Waals surface area contributed by atoms with E-state index in [1.807, 2.05) is 6.07 Å². The largest absolute Gasteiger partial charge is 0.504 e. The molecule has 0 amide bonds. The van der Waals surface area contributed by atoms with E-state index in [9.17, 15) is 5.11 Å². The highest BCUT2D eigenvalue weighted by molar-refractivity contribution is 6.31. The summed E-state index contributed by atoms with van der Waals surface area (Å²) in [6, 6.07) is 5.05. The number of phenols is 1. The van der Waals surface area contributed by atoms with E-state index in [2.05, 4.69) is 10.5 Å². The molecule has 90 valence electrons. The van der Waals surface area contributed by atoms with Gasteiger partial charge in [0.25, 0.3) is 0 Å². The second kappa shape index (κ2) is 6.61. The van der Waals surface area contributed by atoms with Crippen molar-refractivity contribution in [3.05, 3.63) is 22.7 Å². The van der Waals surface area contributed by atoms with Gasteiger partial charge in [0.1, 0.15) is 0 Å². The first-order valence-electron chi connectivity index (χ1n) is 4.88. The zero-order valence-corrected chi connectivity index (χ0v) is 10.0. The van der Waals surface area contributed by atoms with Gasteiger partial charge < -0.3 is 15.3 Å². The summed E-state index contributed by atoms with van der Waals surface area (Å²) in [6.07, 6.45) is 1.78. The number of methoxy groups -OCH3 is 1. The second-order valence-corrected chi connectivity index (χ2v) is 3.56. The summed E-state index contributed by atoms with van der Waals surface area (Å²) in [4.78, 5) is 0. The van der Waals surface area contributed by atoms with Crippen LogP contribution in [0.1, 0.15) is 12.0 Å². The predicted molar refractivity (Wildman–Crippen MR) is 65.5 cm³/mol. The molecule has 0 saturated carbocycles. The van der Waals surface area contributed by atoms with Crippen molar-refractivity contribution in [3.8, 4) is 17.6 Å². The highest BCUT2D eigenvalue weighted by atomic mass is 35.5. The molecule has 2 N–H and O–H groups in total. The van der Waals surface area contributed by atoms with E-state index >= 15 is 0 Å². The molecule has 0 unspecified atom stereocenters. The number of hydrogen-bond acceptors (Lipinski definition) is 5. The predicted octanol–water partition coefficient (Wildman–Crippen LogP) is 1.89. The third-order valence-electron chi connectivity index (χ3n) is 1.93. The number of ether oxygens (including phenoxy) is 1. The summed E-state index contributed by atoms with van der Waals surface area (Å²) in [5, 5.41) is 22.4. The lowest BCUT2D eigenvalue weighted by Gasteiger charge is -2.06. The third-order valence-corrected chi connectivity index (χ3v) is 2.15. The highest BCUT2D eigenvalue weighted by Crippen LogP contribution is 2.32. The van der Waals surface area contributed by atoms with Gasteiger partial charge in [-0.25, -0.2) is 0 Å². The minimum Gasteiger partial charge on any atom is -0.504 e. The van der Waals surface area contributed by atoms with Gasteiger partial charge in [-0.15, -0.1) is 0 Å². The van der Waals surface area contributed by atoms with E-state index < -0.39 is 0 Å². The molecule has 0 aromatic heterocycles. The molecule has 0 atom stereocenters. The lowest BCUT2D eigenvalue weighted by Crippen LogP contribution is -2.06. The molecular formula is C11H12ClN3O2. The molecule has 0 fully saturated rings. The Balaban J connectivity index is 2.77. The number of hydrogen-bond donors (Lipinski definition) is 2. The number of benzene rings is 1. The van der Waals surface area contributed by atoms with E-state index in [-0.39, 0.29) is 11.5 Å². The minimum atomic E-state index is -0.0252. The summed E-state index contributed by atoms with van der Waals surface area (Å²) in [5.41, 5.74) is 3.11. The Morgan fingerprint density at radius 3 is 3.06 bits per heavy atom. The van der Waals surface area contributed by atoms with Gasteiger partial charge in [0.2, 0.25) is 0 Å². The number of hydrazone groups is 1. The standard InChI is InChI=1S/C11H12ClN3O2/c1-17-10-6-9(12)5-8(11(10)16)7-15-14-4-2-3-13/h5-7,14,16H,2,4H2,1H3/b15-7+. The lowest BCUT2D eigenvalue weighted by atomic mass is 10.2. The van der Waals surface area contributed by atoms with E-state index in [0.717, 1.165) is 0 Å². The van der Waals surface area contributed by atoms with Crippen LogP contribution >= 0.6 is 11.6 Å². The van der Waals surface area contributed by atoms with Crippen molar-refractivity contribution in [2.75, 3.05) is 13.7 Å². The molecule has 0 aliphatic heterocycles. The lowest BCUT2D eigenvalue weighted by molar-refractivity contribution is 0.373. The maximum Gasteiger partial charge on any atom is 0.166 e. The molecule has 0 saturated heterocycles. The van der Waals surface area contributed by atoms with E-state index in [1.54, 1.807) is 6.07 Å². The van der Waals surface area contributed by atoms with Gasteiger partial charge in [0, 0.05) is 23.2 Å². The summed E-state index contributed by atoms with van der Waals surface area (Å²) in [5.74, 6) is 0.263. The molecule has 0 radical (unpaired) electrons. The van der Waals surface area contributed by atoms with Crippen LogP contribution in [0.2, 0.25) is 5.02 Å². The number of halogens is 1. The van der Waals surface area contributed by atoms with Gasteiger partial charge in [-0.2, -0.15) is 10.4 Å². The zero-order valence-electron chi connectivity index (χ0n) is 9.27. The molecule has 17 heavy (non-hydrogen) atoms. The molecule has 0 aliphatic rings. The first-order chi connectivity index (χ1) is 8.19. The molecule has 0 bridgehead atoms. The van der Waals surface area contributed by atoms with Crippen LogP contribution in [0.5, 0.6) is 11.5 Å². The molecular weight excluding hydrogens is 242 g/mol. The van der Waals surface area contributed by atoms with Crippen molar-refractivity contribution in [1.82, 2.24) is 5.43 Å². The fourth-order valence-corrected chi connectivity index (χ4v) is 1.36. The fourth-order valence-electron chi connectivity index (χ4n) is 1.14. The SMILES string of the molecule is COc1cc(Cl)cc(/C=N/NCCC#N)c1O. The molecule has 0 spiro atoms. The van der Waals surface area contributed by atoms with Crippen LogP contribution in [0.25, 0.3) is 0 Å². The molecule has 0 heterocycles. The van der Waals surface area contributed by atoms with Gasteiger partial charge in [0.15, 0.2) is 11.5 Å². The Hall–Kier alpha value is -1.93. The van der Waals surface area contributed by atoms with Crippen LogP contribution in [-0.4, -0.2) is 25.0 Å². The third kappa shape index (κ3) is 3.85. The van der Waals surface area contributed by atoms with Gasteiger partial charge in [0.05, 0.1) is 25.8 Å². The highest BCUT2D eigenvalue weighted by Gasteiger charge is 2.07. The molecule has 6 heteroatoms. The Bertz CT molecular complexity index is 455. The minimum absolute atomic E-state index is 0.0252. The monoisotopic (exact) mass is 253 g/mol. The van der Waals surface area contributed by atoms with Gasteiger partial charge in [-0.05, 0) is 6.07 Å². The Morgan fingerprint density at radius 1 is 1.65 bits per heavy atom. The summed E-state index contributed by atoms with van der Waals surface area (Å²) in [7, 11) is 1.44. The summed E-state index contributed by atoms with van der Waals surface area (Å²) >= 11 is 5.85. The van der Waals surface area contributed by atoms with Crippen LogP contribution < -0.4 is 10.2 Å². The maximum atomic E-state index is 9.76. The molecule has 0 aliphatic carbocycles. The number of aromatic hydroxyl groups is 1. The van der Waals surface area contributed by atoms with Crippen LogP contribution in [0, 0.1) is 11.3 Å². The van der Waals surface area contributed by atoms with Crippen LogP contribution in [0.3, 0.4) is 0 Å². The number of rotatable bonds is 5. The van der Waals surface area contributed by atoms with Crippen LogP contribution in [0.4, 0.5) is 0 Å². The van der Waals surface area contributed by atoms with Gasteiger partial charge in [-0.1, -0.05) is 11.6 Å². The van der Waals surface area contributed by atoms with Crippen molar-refractivity contribution in [2.45, 2.75) is 6.42 Å². The van der Waals surface area contributed by atoms with Crippen molar-refractivity contribution in [3.63, 3.8) is 0 Å². The van der Waals surface area contributed by atoms with Crippen molar-refractivity contribution in [2.24, 2.45) is 5.10 Å². The van der Waals surface area contributed by atoms with E-state index in [0.29, 0.717) is 23.6 Å². The smallest absolute Gasteiger partial charge is 0.166 e.